The molecule has 1 aromatic heterocycles. The minimum absolute atomic E-state index is 0. The summed E-state index contributed by atoms with van der Waals surface area (Å²) in [6.07, 6.45) is 4.68. The lowest BCUT2D eigenvalue weighted by Crippen LogP contribution is -2.39. The average molecular weight is 458 g/mol. The summed E-state index contributed by atoms with van der Waals surface area (Å²) in [5, 5.41) is 0.800. The van der Waals surface area contributed by atoms with E-state index in [1.807, 2.05) is 11.0 Å². The Morgan fingerprint density at radius 2 is 1.77 bits per heavy atom. The van der Waals surface area contributed by atoms with Gasteiger partial charge in [0.15, 0.2) is 5.13 Å². The highest BCUT2D eigenvalue weighted by Crippen LogP contribution is 2.32. The molecule has 3 aromatic rings. The monoisotopic (exact) mass is 457 g/mol. The molecule has 6 heteroatoms. The van der Waals surface area contributed by atoms with Crippen LogP contribution in [0.3, 0.4) is 0 Å². The van der Waals surface area contributed by atoms with E-state index < -0.39 is 0 Å². The number of hydrogen-bond donors (Lipinski definition) is 0. The lowest BCUT2D eigenvalue weighted by molar-refractivity contribution is 0.0983. The molecule has 0 radical (unpaired) electrons. The van der Waals surface area contributed by atoms with Gasteiger partial charge in [-0.05, 0) is 80.6 Å². The zero-order chi connectivity index (χ0) is 21.1. The van der Waals surface area contributed by atoms with Gasteiger partial charge in [0.2, 0.25) is 0 Å². The van der Waals surface area contributed by atoms with Crippen LogP contribution in [0.5, 0.6) is 0 Å². The van der Waals surface area contributed by atoms with Gasteiger partial charge in [-0.15, -0.1) is 12.4 Å². The number of likely N-dealkylation sites (N-methyl/N-ethyl adjacent to an activating group) is 1. The molecule has 0 saturated heterocycles. The van der Waals surface area contributed by atoms with Crippen molar-refractivity contribution in [1.82, 2.24) is 9.88 Å². The number of nitrogens with zero attached hydrogens (tertiary/aromatic N) is 3. The normalized spacial score (nSPS) is 13.2. The van der Waals surface area contributed by atoms with Crippen LogP contribution in [-0.2, 0) is 12.8 Å². The molecule has 1 aliphatic rings. The summed E-state index contributed by atoms with van der Waals surface area (Å²) in [6.45, 7) is 9.87. The molecule has 1 aliphatic carbocycles. The van der Waals surface area contributed by atoms with Crippen LogP contribution in [0.2, 0.25) is 0 Å². The van der Waals surface area contributed by atoms with Gasteiger partial charge in [-0.2, -0.15) is 0 Å². The fraction of sp³-hybridized carbons (Fsp3) is 0.440. The number of hydrogen-bond acceptors (Lipinski definition) is 4. The lowest BCUT2D eigenvalue weighted by atomic mass is 9.90. The average Bonchev–Trinajstić information content (AvgIpc) is 3.21. The quantitative estimate of drug-likeness (QED) is 0.443. The zero-order valence-corrected chi connectivity index (χ0v) is 20.3. The topological polar surface area (TPSA) is 36.4 Å². The minimum atomic E-state index is 0. The van der Waals surface area contributed by atoms with E-state index in [4.69, 9.17) is 4.98 Å². The molecule has 1 heterocycles. The van der Waals surface area contributed by atoms with E-state index in [2.05, 4.69) is 56.0 Å². The Balaban J connectivity index is 0.00000272. The largest absolute Gasteiger partial charge is 0.302 e. The summed E-state index contributed by atoms with van der Waals surface area (Å²) in [6, 6.07) is 12.5. The summed E-state index contributed by atoms with van der Waals surface area (Å²) in [7, 11) is 0. The van der Waals surface area contributed by atoms with E-state index in [0.717, 1.165) is 59.0 Å². The van der Waals surface area contributed by atoms with E-state index >= 15 is 0 Å². The number of amides is 1. The molecule has 0 fully saturated rings. The van der Waals surface area contributed by atoms with Gasteiger partial charge in [-0.25, -0.2) is 4.98 Å². The van der Waals surface area contributed by atoms with E-state index in [1.54, 1.807) is 11.3 Å². The summed E-state index contributed by atoms with van der Waals surface area (Å²) in [4.78, 5) is 22.8. The minimum Gasteiger partial charge on any atom is -0.302 e. The van der Waals surface area contributed by atoms with Crippen molar-refractivity contribution in [2.24, 2.45) is 0 Å². The molecule has 0 spiro atoms. The number of carbonyl (C=O) groups is 1. The van der Waals surface area contributed by atoms with Gasteiger partial charge in [0, 0.05) is 18.7 Å². The maximum absolute atomic E-state index is 13.7. The van der Waals surface area contributed by atoms with Crippen LogP contribution in [0.25, 0.3) is 10.2 Å². The first-order valence-corrected chi connectivity index (χ1v) is 11.9. The van der Waals surface area contributed by atoms with Crippen molar-refractivity contribution >= 4 is 45.0 Å². The van der Waals surface area contributed by atoms with E-state index in [0.29, 0.717) is 6.54 Å². The van der Waals surface area contributed by atoms with Crippen molar-refractivity contribution in [1.29, 1.82) is 0 Å². The molecule has 2 aromatic carbocycles. The highest BCUT2D eigenvalue weighted by Gasteiger charge is 2.23. The molecule has 0 bridgehead atoms. The van der Waals surface area contributed by atoms with E-state index in [1.165, 1.54) is 24.0 Å². The van der Waals surface area contributed by atoms with Gasteiger partial charge in [-0.1, -0.05) is 43.4 Å². The van der Waals surface area contributed by atoms with Gasteiger partial charge < -0.3 is 4.90 Å². The molecule has 4 nitrogen and oxygen atoms in total. The second kappa shape index (κ2) is 10.6. The van der Waals surface area contributed by atoms with Crippen molar-refractivity contribution in [3.05, 3.63) is 58.7 Å². The number of para-hydroxylation sites is 1. The van der Waals surface area contributed by atoms with Crippen LogP contribution in [0, 0.1) is 6.92 Å². The van der Waals surface area contributed by atoms with Crippen molar-refractivity contribution in [2.75, 3.05) is 31.1 Å². The maximum atomic E-state index is 13.7. The predicted octanol–water partition coefficient (Wildman–Crippen LogP) is 5.89. The Kier molecular flexibility index (Phi) is 8.09. The molecule has 0 aliphatic heterocycles. The molecule has 31 heavy (non-hydrogen) atoms. The number of halogens is 1. The Hall–Kier alpha value is -1.95. The number of anilines is 1. The number of aromatic nitrogens is 1. The molecule has 166 valence electrons. The molecular weight excluding hydrogens is 426 g/mol. The van der Waals surface area contributed by atoms with Crippen molar-refractivity contribution < 1.29 is 4.79 Å². The van der Waals surface area contributed by atoms with Gasteiger partial charge >= 0.3 is 0 Å². The molecule has 4 rings (SSSR count). The van der Waals surface area contributed by atoms with E-state index in [-0.39, 0.29) is 18.3 Å². The number of carbonyl (C=O) groups excluding carboxylic acids is 1. The van der Waals surface area contributed by atoms with Gasteiger partial charge in [0.05, 0.1) is 10.2 Å². The third kappa shape index (κ3) is 5.11. The number of aryl methyl sites for hydroxylation is 3. The molecule has 0 saturated carbocycles. The summed E-state index contributed by atoms with van der Waals surface area (Å²) in [5.41, 5.74) is 5.69. The molecular formula is C25H32ClN3OS. The second-order valence-electron chi connectivity index (χ2n) is 8.09. The molecule has 0 unspecified atom stereocenters. The highest BCUT2D eigenvalue weighted by molar-refractivity contribution is 7.22. The van der Waals surface area contributed by atoms with Crippen LogP contribution in [0.1, 0.15) is 53.7 Å². The Bertz CT molecular complexity index is 1040. The van der Waals surface area contributed by atoms with E-state index in [9.17, 15) is 4.79 Å². The second-order valence-corrected chi connectivity index (χ2v) is 9.10. The highest BCUT2D eigenvalue weighted by atomic mass is 35.5. The Labute approximate surface area is 195 Å². The maximum Gasteiger partial charge on any atom is 0.260 e. The van der Waals surface area contributed by atoms with Gasteiger partial charge in [0.25, 0.3) is 5.91 Å². The molecule has 0 atom stereocenters. The fourth-order valence-electron chi connectivity index (χ4n) is 4.28. The summed E-state index contributed by atoms with van der Waals surface area (Å²) in [5.74, 6) is 0.0623. The fourth-order valence-corrected chi connectivity index (χ4v) is 5.35. The Morgan fingerprint density at radius 3 is 2.48 bits per heavy atom. The third-order valence-corrected chi connectivity index (χ3v) is 7.26. The van der Waals surface area contributed by atoms with Crippen molar-refractivity contribution in [2.45, 2.75) is 46.5 Å². The van der Waals surface area contributed by atoms with Crippen LogP contribution in [0.15, 0.2) is 36.4 Å². The summed E-state index contributed by atoms with van der Waals surface area (Å²) >= 11 is 1.61. The first-order chi connectivity index (χ1) is 14.6. The smallest absolute Gasteiger partial charge is 0.260 e. The molecule has 1 amide bonds. The number of fused-ring (bicyclic) bond motifs is 2. The predicted molar refractivity (Wildman–Crippen MR) is 134 cm³/mol. The number of thiazole rings is 1. The van der Waals surface area contributed by atoms with Crippen LogP contribution in [-0.4, -0.2) is 42.0 Å². The SMILES string of the molecule is CCN(CC)CCN(C(=O)c1ccc2c(c1)CCCC2)c1nc2c(C)cccc2s1.Cl. The number of rotatable bonds is 7. The van der Waals surface area contributed by atoms with Crippen molar-refractivity contribution in [3.63, 3.8) is 0 Å². The Morgan fingerprint density at radius 1 is 1.03 bits per heavy atom. The van der Waals surface area contributed by atoms with Crippen LogP contribution in [0.4, 0.5) is 5.13 Å². The first kappa shape index (κ1) is 23.7. The standard InChI is InChI=1S/C25H31N3OS.ClH/c1-4-27(5-2)15-16-28(25-26-23-18(3)9-8-12-22(23)30-25)24(29)21-14-13-19-10-6-7-11-20(19)17-21;/h8-9,12-14,17H,4-7,10-11,15-16H2,1-3H3;1H. The van der Waals surface area contributed by atoms with Crippen LogP contribution < -0.4 is 4.90 Å². The third-order valence-electron chi connectivity index (χ3n) is 6.22. The first-order valence-electron chi connectivity index (χ1n) is 11.1. The van der Waals surface area contributed by atoms with Gasteiger partial charge in [0.1, 0.15) is 0 Å². The lowest BCUT2D eigenvalue weighted by Gasteiger charge is -2.25. The summed E-state index contributed by atoms with van der Waals surface area (Å²) < 4.78 is 1.14. The molecule has 0 N–H and O–H groups in total. The van der Waals surface area contributed by atoms with Crippen molar-refractivity contribution in [3.8, 4) is 0 Å². The number of benzene rings is 2. The van der Waals surface area contributed by atoms with Crippen LogP contribution >= 0.6 is 23.7 Å². The van der Waals surface area contributed by atoms with Gasteiger partial charge in [-0.3, -0.25) is 9.69 Å². The zero-order valence-electron chi connectivity index (χ0n) is 18.7.